The lowest BCUT2D eigenvalue weighted by Crippen LogP contribution is -2.15. The van der Waals surface area contributed by atoms with Crippen molar-refractivity contribution in [1.29, 1.82) is 0 Å². The van der Waals surface area contributed by atoms with Crippen LogP contribution in [-0.2, 0) is 11.0 Å². The number of aryl methyl sites for hydroxylation is 2. The second-order valence-corrected chi connectivity index (χ2v) is 8.60. The van der Waals surface area contributed by atoms with Crippen LogP contribution >= 0.6 is 23.1 Å². The first-order chi connectivity index (χ1) is 14.2. The Morgan fingerprint density at radius 2 is 2.00 bits per heavy atom. The quantitative estimate of drug-likeness (QED) is 0.325. The fraction of sp³-hybridized carbons (Fsp3) is 0.200. The van der Waals surface area contributed by atoms with E-state index >= 15 is 0 Å². The zero-order valence-corrected chi connectivity index (χ0v) is 17.5. The Hall–Kier alpha value is -2.72. The van der Waals surface area contributed by atoms with E-state index in [1.807, 2.05) is 19.9 Å². The standard InChI is InChI=1S/C20H15F3N4OS2/c1-10-6-11(2)26-18-15(10)16-17(30-18)19(25-9-24-16)29-8-14(28)27-13-5-3-4-12(7-13)20(21,22)23/h3-7,9H,8H2,1-2H3,(H,27,28). The van der Waals surface area contributed by atoms with Gasteiger partial charge in [-0.1, -0.05) is 17.8 Å². The third-order valence-corrected chi connectivity index (χ3v) is 6.53. The van der Waals surface area contributed by atoms with Gasteiger partial charge in [0.05, 0.1) is 21.5 Å². The second kappa shape index (κ2) is 7.84. The molecule has 0 spiro atoms. The number of benzene rings is 1. The highest BCUT2D eigenvalue weighted by molar-refractivity contribution is 8.00. The SMILES string of the molecule is Cc1cc(C)c2c(n1)sc1c(SCC(=O)Nc3cccc(C(F)(F)F)c3)ncnc12. The number of amides is 1. The molecule has 5 nitrogen and oxygen atoms in total. The molecule has 0 radical (unpaired) electrons. The van der Waals surface area contributed by atoms with Gasteiger partial charge < -0.3 is 5.32 Å². The zero-order valence-electron chi connectivity index (χ0n) is 15.9. The number of thiophene rings is 1. The molecule has 1 N–H and O–H groups in total. The van der Waals surface area contributed by atoms with Gasteiger partial charge in [-0.25, -0.2) is 15.0 Å². The highest BCUT2D eigenvalue weighted by atomic mass is 32.2. The van der Waals surface area contributed by atoms with Gasteiger partial charge in [0.1, 0.15) is 16.2 Å². The second-order valence-electron chi connectivity index (χ2n) is 6.63. The Bertz CT molecular complexity index is 1270. The first-order valence-electron chi connectivity index (χ1n) is 8.84. The van der Waals surface area contributed by atoms with Crippen LogP contribution < -0.4 is 5.32 Å². The Kier molecular flexibility index (Phi) is 5.37. The van der Waals surface area contributed by atoms with E-state index in [0.717, 1.165) is 43.8 Å². The van der Waals surface area contributed by atoms with Crippen LogP contribution in [0.1, 0.15) is 16.8 Å². The summed E-state index contributed by atoms with van der Waals surface area (Å²) >= 11 is 2.67. The molecular formula is C20H15F3N4OS2. The number of carbonyl (C=O) groups is 1. The van der Waals surface area contributed by atoms with Crippen LogP contribution in [0.25, 0.3) is 20.4 Å². The number of halogens is 3. The Balaban J connectivity index is 1.54. The maximum atomic E-state index is 12.8. The van der Waals surface area contributed by atoms with Crippen molar-refractivity contribution >= 4 is 55.1 Å². The summed E-state index contributed by atoms with van der Waals surface area (Å²) in [7, 11) is 0. The largest absolute Gasteiger partial charge is 0.416 e. The van der Waals surface area contributed by atoms with Crippen LogP contribution in [0.5, 0.6) is 0 Å². The number of alkyl halides is 3. The number of aromatic nitrogens is 3. The van der Waals surface area contributed by atoms with E-state index in [1.54, 1.807) is 0 Å². The Labute approximate surface area is 177 Å². The van der Waals surface area contributed by atoms with Crippen LogP contribution in [0.2, 0.25) is 0 Å². The number of nitrogens with zero attached hydrogens (tertiary/aromatic N) is 3. The topological polar surface area (TPSA) is 67.8 Å². The number of rotatable bonds is 4. The predicted molar refractivity (Wildman–Crippen MR) is 113 cm³/mol. The number of nitrogens with one attached hydrogen (secondary N) is 1. The van der Waals surface area contributed by atoms with Gasteiger partial charge in [-0.05, 0) is 43.7 Å². The van der Waals surface area contributed by atoms with E-state index in [0.29, 0.717) is 5.03 Å². The van der Waals surface area contributed by atoms with E-state index in [2.05, 4.69) is 20.3 Å². The number of hydrogen-bond donors (Lipinski definition) is 1. The molecule has 30 heavy (non-hydrogen) atoms. The normalized spacial score (nSPS) is 11.9. The summed E-state index contributed by atoms with van der Waals surface area (Å²) < 4.78 is 39.3. The number of fused-ring (bicyclic) bond motifs is 3. The lowest BCUT2D eigenvalue weighted by Gasteiger charge is -2.09. The molecule has 0 aliphatic rings. The van der Waals surface area contributed by atoms with Crippen molar-refractivity contribution < 1.29 is 18.0 Å². The first kappa shape index (κ1) is 20.5. The smallest absolute Gasteiger partial charge is 0.325 e. The van der Waals surface area contributed by atoms with Crippen molar-refractivity contribution in [1.82, 2.24) is 15.0 Å². The Morgan fingerprint density at radius 1 is 1.20 bits per heavy atom. The maximum Gasteiger partial charge on any atom is 0.416 e. The molecular weight excluding hydrogens is 433 g/mol. The zero-order chi connectivity index (χ0) is 21.5. The van der Waals surface area contributed by atoms with Crippen molar-refractivity contribution in [3.8, 4) is 0 Å². The Morgan fingerprint density at radius 3 is 2.77 bits per heavy atom. The van der Waals surface area contributed by atoms with Crippen molar-refractivity contribution in [2.24, 2.45) is 0 Å². The summed E-state index contributed by atoms with van der Waals surface area (Å²) in [5.41, 5.74) is 2.06. The number of thioether (sulfide) groups is 1. The van der Waals surface area contributed by atoms with Crippen LogP contribution in [0, 0.1) is 13.8 Å². The van der Waals surface area contributed by atoms with Crippen LogP contribution in [-0.4, -0.2) is 26.6 Å². The van der Waals surface area contributed by atoms with Gasteiger partial charge in [0, 0.05) is 16.8 Å². The third kappa shape index (κ3) is 4.10. The van der Waals surface area contributed by atoms with Gasteiger partial charge in [-0.3, -0.25) is 4.79 Å². The lowest BCUT2D eigenvalue weighted by molar-refractivity contribution is -0.137. The van der Waals surface area contributed by atoms with Crippen molar-refractivity contribution in [3.63, 3.8) is 0 Å². The number of hydrogen-bond acceptors (Lipinski definition) is 6. The summed E-state index contributed by atoms with van der Waals surface area (Å²) in [6.45, 7) is 3.93. The molecule has 4 aromatic rings. The van der Waals surface area contributed by atoms with Gasteiger partial charge in [0.15, 0.2) is 0 Å². The van der Waals surface area contributed by atoms with Gasteiger partial charge in [0.2, 0.25) is 5.91 Å². The molecule has 0 saturated heterocycles. The average molecular weight is 448 g/mol. The molecule has 10 heteroatoms. The predicted octanol–water partition coefficient (Wildman–Crippen LogP) is 5.61. The first-order valence-corrected chi connectivity index (χ1v) is 10.6. The fourth-order valence-electron chi connectivity index (χ4n) is 3.10. The summed E-state index contributed by atoms with van der Waals surface area (Å²) in [6, 6.07) is 6.54. The van der Waals surface area contributed by atoms with E-state index in [9.17, 15) is 18.0 Å². The van der Waals surface area contributed by atoms with Crippen LogP contribution in [0.15, 0.2) is 41.7 Å². The molecule has 1 amide bonds. The minimum Gasteiger partial charge on any atom is -0.325 e. The molecule has 3 aromatic heterocycles. The maximum absolute atomic E-state index is 12.8. The summed E-state index contributed by atoms with van der Waals surface area (Å²) in [5, 5.41) is 4.11. The van der Waals surface area contributed by atoms with Crippen molar-refractivity contribution in [2.75, 3.05) is 11.1 Å². The fourth-order valence-corrected chi connectivity index (χ4v) is 5.22. The lowest BCUT2D eigenvalue weighted by atomic mass is 10.1. The van der Waals surface area contributed by atoms with E-state index in [1.165, 1.54) is 41.6 Å². The minimum atomic E-state index is -4.46. The van der Waals surface area contributed by atoms with Crippen LogP contribution in [0.4, 0.5) is 18.9 Å². The monoisotopic (exact) mass is 448 g/mol. The summed E-state index contributed by atoms with van der Waals surface area (Å²) in [4.78, 5) is 26.4. The van der Waals surface area contributed by atoms with Gasteiger partial charge in [0.25, 0.3) is 0 Å². The molecule has 0 fully saturated rings. The highest BCUT2D eigenvalue weighted by Crippen LogP contribution is 2.38. The van der Waals surface area contributed by atoms with E-state index in [4.69, 9.17) is 0 Å². The molecule has 0 bridgehead atoms. The highest BCUT2D eigenvalue weighted by Gasteiger charge is 2.30. The number of carbonyl (C=O) groups excluding carboxylic acids is 1. The molecule has 0 aliphatic carbocycles. The van der Waals surface area contributed by atoms with E-state index in [-0.39, 0.29) is 11.4 Å². The molecule has 0 atom stereocenters. The van der Waals surface area contributed by atoms with Gasteiger partial charge in [-0.15, -0.1) is 11.3 Å². The number of anilines is 1. The molecule has 1 aromatic carbocycles. The van der Waals surface area contributed by atoms with E-state index < -0.39 is 17.6 Å². The summed E-state index contributed by atoms with van der Waals surface area (Å²) in [5.74, 6) is -0.417. The molecule has 0 aliphatic heterocycles. The van der Waals surface area contributed by atoms with Gasteiger partial charge >= 0.3 is 6.18 Å². The third-order valence-electron chi connectivity index (χ3n) is 4.33. The molecule has 154 valence electrons. The molecule has 0 saturated carbocycles. The number of pyridine rings is 1. The van der Waals surface area contributed by atoms with Crippen molar-refractivity contribution in [3.05, 3.63) is 53.5 Å². The van der Waals surface area contributed by atoms with Crippen LogP contribution in [0.3, 0.4) is 0 Å². The molecule has 3 heterocycles. The summed E-state index contributed by atoms with van der Waals surface area (Å²) in [6.07, 6.45) is -3.02. The minimum absolute atomic E-state index is 0.00203. The van der Waals surface area contributed by atoms with Crippen molar-refractivity contribution in [2.45, 2.75) is 25.0 Å². The molecule has 0 unspecified atom stereocenters. The average Bonchev–Trinajstić information content (AvgIpc) is 3.05. The molecule has 4 rings (SSSR count). The van der Waals surface area contributed by atoms with Gasteiger partial charge in [-0.2, -0.15) is 13.2 Å².